The van der Waals surface area contributed by atoms with Crippen LogP contribution < -0.4 is 10.6 Å². The third-order valence-electron chi connectivity index (χ3n) is 4.20. The van der Waals surface area contributed by atoms with Crippen molar-refractivity contribution in [2.45, 2.75) is 6.18 Å². The fourth-order valence-electron chi connectivity index (χ4n) is 2.63. The van der Waals surface area contributed by atoms with Crippen molar-refractivity contribution < 1.29 is 22.7 Å². The zero-order chi connectivity index (χ0) is 20.0. The fraction of sp³-hybridized carbons (Fsp3) is 0.389. The molecule has 3 rings (SSSR count). The Morgan fingerprint density at radius 2 is 1.75 bits per heavy atom. The van der Waals surface area contributed by atoms with E-state index in [2.05, 4.69) is 25.5 Å². The average molecular weight is 395 g/mol. The van der Waals surface area contributed by atoms with E-state index in [0.717, 1.165) is 45.0 Å². The Labute approximate surface area is 159 Å². The van der Waals surface area contributed by atoms with E-state index in [-0.39, 0.29) is 11.3 Å². The number of aromatic nitrogens is 2. The number of carbonyl (C=O) groups excluding carboxylic acids is 1. The third-order valence-corrected chi connectivity index (χ3v) is 4.20. The highest BCUT2D eigenvalue weighted by atomic mass is 19.4. The van der Waals surface area contributed by atoms with Gasteiger partial charge in [-0.1, -0.05) is 0 Å². The zero-order valence-corrected chi connectivity index (χ0v) is 15.0. The van der Waals surface area contributed by atoms with Crippen LogP contribution >= 0.6 is 0 Å². The minimum Gasteiger partial charge on any atom is -0.379 e. The van der Waals surface area contributed by atoms with Crippen LogP contribution in [0, 0.1) is 0 Å². The van der Waals surface area contributed by atoms with Crippen LogP contribution in [-0.2, 0) is 10.9 Å². The van der Waals surface area contributed by atoms with E-state index < -0.39 is 17.6 Å². The van der Waals surface area contributed by atoms with Gasteiger partial charge < -0.3 is 15.4 Å². The number of anilines is 2. The molecular formula is C18H20F3N5O2. The van der Waals surface area contributed by atoms with E-state index in [9.17, 15) is 18.0 Å². The molecule has 2 aromatic rings. The molecule has 2 heterocycles. The number of ether oxygens (including phenoxy) is 1. The number of nitrogens with one attached hydrogen (secondary N) is 2. The maximum absolute atomic E-state index is 12.6. The minimum atomic E-state index is -4.42. The summed E-state index contributed by atoms with van der Waals surface area (Å²) in [5, 5.41) is 5.60. The molecule has 0 bridgehead atoms. The largest absolute Gasteiger partial charge is 0.416 e. The summed E-state index contributed by atoms with van der Waals surface area (Å²) in [5.74, 6) is -0.0982. The van der Waals surface area contributed by atoms with Crippen molar-refractivity contribution in [2.75, 3.05) is 50.0 Å². The predicted molar refractivity (Wildman–Crippen MR) is 97.2 cm³/mol. The number of nitrogens with zero attached hydrogens (tertiary/aromatic N) is 3. The molecule has 0 atom stereocenters. The second-order valence-corrected chi connectivity index (χ2v) is 6.21. The van der Waals surface area contributed by atoms with Gasteiger partial charge in [0, 0.05) is 44.3 Å². The molecule has 0 radical (unpaired) electrons. The van der Waals surface area contributed by atoms with E-state index in [1.165, 1.54) is 24.5 Å². The Bertz CT molecular complexity index is 775. The molecule has 1 amide bonds. The van der Waals surface area contributed by atoms with E-state index in [4.69, 9.17) is 4.74 Å². The summed E-state index contributed by atoms with van der Waals surface area (Å²) in [7, 11) is 0. The number of alkyl halides is 3. The van der Waals surface area contributed by atoms with Crippen LogP contribution in [0.4, 0.5) is 24.8 Å². The molecular weight excluding hydrogens is 375 g/mol. The van der Waals surface area contributed by atoms with Gasteiger partial charge in [-0.2, -0.15) is 13.2 Å². The van der Waals surface area contributed by atoms with Crippen molar-refractivity contribution in [1.29, 1.82) is 0 Å². The SMILES string of the molecule is O=C(Nc1ccc(C(F)(F)F)cc1)c1cnc(NCCN2CCOCC2)nc1. The summed E-state index contributed by atoms with van der Waals surface area (Å²) in [4.78, 5) is 22.6. The molecule has 0 unspecified atom stereocenters. The number of amides is 1. The van der Waals surface area contributed by atoms with Crippen LogP contribution in [0.1, 0.15) is 15.9 Å². The van der Waals surface area contributed by atoms with Gasteiger partial charge in [0.1, 0.15) is 0 Å². The molecule has 28 heavy (non-hydrogen) atoms. The highest BCUT2D eigenvalue weighted by molar-refractivity contribution is 6.03. The molecule has 0 saturated carbocycles. The molecule has 1 aromatic heterocycles. The molecule has 1 aliphatic heterocycles. The van der Waals surface area contributed by atoms with Crippen molar-refractivity contribution in [3.8, 4) is 0 Å². The van der Waals surface area contributed by atoms with E-state index in [0.29, 0.717) is 12.5 Å². The van der Waals surface area contributed by atoms with Gasteiger partial charge in [0.25, 0.3) is 5.91 Å². The number of rotatable bonds is 6. The van der Waals surface area contributed by atoms with Gasteiger partial charge in [-0.25, -0.2) is 9.97 Å². The highest BCUT2D eigenvalue weighted by Crippen LogP contribution is 2.29. The lowest BCUT2D eigenvalue weighted by molar-refractivity contribution is -0.137. The van der Waals surface area contributed by atoms with Crippen molar-refractivity contribution in [2.24, 2.45) is 0 Å². The number of hydrogen-bond acceptors (Lipinski definition) is 6. The lowest BCUT2D eigenvalue weighted by Gasteiger charge is -2.26. The number of halogens is 3. The second-order valence-electron chi connectivity index (χ2n) is 6.21. The minimum absolute atomic E-state index is 0.207. The molecule has 7 nitrogen and oxygen atoms in total. The number of hydrogen-bond donors (Lipinski definition) is 2. The second kappa shape index (κ2) is 8.98. The van der Waals surface area contributed by atoms with Crippen LogP contribution in [0.2, 0.25) is 0 Å². The first-order valence-electron chi connectivity index (χ1n) is 8.76. The molecule has 2 N–H and O–H groups in total. The predicted octanol–water partition coefficient (Wildman–Crippen LogP) is 2.49. The van der Waals surface area contributed by atoms with Crippen LogP contribution in [0.15, 0.2) is 36.7 Å². The maximum Gasteiger partial charge on any atom is 0.416 e. The topological polar surface area (TPSA) is 79.4 Å². The summed E-state index contributed by atoms with van der Waals surface area (Å²) in [6.45, 7) is 4.76. The van der Waals surface area contributed by atoms with Gasteiger partial charge in [0.15, 0.2) is 0 Å². The molecule has 0 spiro atoms. The molecule has 1 aromatic carbocycles. The van der Waals surface area contributed by atoms with Crippen LogP contribution in [0.5, 0.6) is 0 Å². The lowest BCUT2D eigenvalue weighted by Crippen LogP contribution is -2.39. The molecule has 1 saturated heterocycles. The Morgan fingerprint density at radius 3 is 2.36 bits per heavy atom. The van der Waals surface area contributed by atoms with Crippen LogP contribution in [0.25, 0.3) is 0 Å². The summed E-state index contributed by atoms with van der Waals surface area (Å²) in [6.07, 6.45) is -1.69. The quantitative estimate of drug-likeness (QED) is 0.783. The smallest absolute Gasteiger partial charge is 0.379 e. The van der Waals surface area contributed by atoms with Gasteiger partial charge in [0.05, 0.1) is 24.3 Å². The Balaban J connectivity index is 1.49. The maximum atomic E-state index is 12.6. The van der Waals surface area contributed by atoms with Crippen molar-refractivity contribution in [1.82, 2.24) is 14.9 Å². The highest BCUT2D eigenvalue weighted by Gasteiger charge is 2.30. The van der Waals surface area contributed by atoms with Gasteiger partial charge in [-0.3, -0.25) is 9.69 Å². The van der Waals surface area contributed by atoms with Crippen LogP contribution in [-0.4, -0.2) is 60.2 Å². The first-order chi connectivity index (χ1) is 13.4. The zero-order valence-electron chi connectivity index (χ0n) is 15.0. The van der Waals surface area contributed by atoms with Crippen LogP contribution in [0.3, 0.4) is 0 Å². The summed E-state index contributed by atoms with van der Waals surface area (Å²) >= 11 is 0. The Morgan fingerprint density at radius 1 is 1.11 bits per heavy atom. The van der Waals surface area contributed by atoms with Crippen molar-refractivity contribution in [3.05, 3.63) is 47.8 Å². The summed E-state index contributed by atoms with van der Waals surface area (Å²) in [6, 6.07) is 4.22. The average Bonchev–Trinajstić information content (AvgIpc) is 2.69. The normalized spacial score (nSPS) is 15.2. The summed E-state index contributed by atoms with van der Waals surface area (Å²) < 4.78 is 43.0. The van der Waals surface area contributed by atoms with Gasteiger partial charge >= 0.3 is 6.18 Å². The number of benzene rings is 1. The molecule has 1 aliphatic rings. The molecule has 0 aliphatic carbocycles. The molecule has 1 fully saturated rings. The van der Waals surface area contributed by atoms with Gasteiger partial charge in [0.2, 0.25) is 5.95 Å². The number of morpholine rings is 1. The monoisotopic (exact) mass is 395 g/mol. The van der Waals surface area contributed by atoms with E-state index in [1.807, 2.05) is 0 Å². The standard InChI is InChI=1S/C18H20F3N5O2/c19-18(20,21)14-1-3-15(4-2-14)25-16(27)13-11-23-17(24-12-13)22-5-6-26-7-9-28-10-8-26/h1-4,11-12H,5-10H2,(H,25,27)(H,22,23,24). The first kappa shape index (κ1) is 20.0. The van der Waals surface area contributed by atoms with Crippen molar-refractivity contribution in [3.63, 3.8) is 0 Å². The first-order valence-corrected chi connectivity index (χ1v) is 8.76. The van der Waals surface area contributed by atoms with E-state index in [1.54, 1.807) is 0 Å². The van der Waals surface area contributed by atoms with Gasteiger partial charge in [-0.15, -0.1) is 0 Å². The van der Waals surface area contributed by atoms with Gasteiger partial charge in [-0.05, 0) is 24.3 Å². The molecule has 10 heteroatoms. The van der Waals surface area contributed by atoms with E-state index >= 15 is 0 Å². The third kappa shape index (κ3) is 5.64. The molecule has 150 valence electrons. The Hall–Kier alpha value is -2.72. The Kier molecular flexibility index (Phi) is 6.42. The lowest BCUT2D eigenvalue weighted by atomic mass is 10.2. The van der Waals surface area contributed by atoms with Crippen molar-refractivity contribution >= 4 is 17.5 Å². The summed E-state index contributed by atoms with van der Waals surface area (Å²) in [5.41, 5.74) is -0.314. The number of carbonyl (C=O) groups is 1. The fourth-order valence-corrected chi connectivity index (χ4v) is 2.63.